The van der Waals surface area contributed by atoms with E-state index in [9.17, 15) is 0 Å². The van der Waals surface area contributed by atoms with Crippen LogP contribution in [-0.4, -0.2) is 53.4 Å². The molecule has 90 valence electrons. The summed E-state index contributed by atoms with van der Waals surface area (Å²) in [5, 5.41) is 1.15. The zero-order chi connectivity index (χ0) is 11.3. The monoisotopic (exact) mass is 276 g/mol. The minimum atomic E-state index is 0.349. The molecular weight excluding hydrogens is 252 g/mol. The van der Waals surface area contributed by atoms with E-state index in [1.807, 2.05) is 0 Å². The fourth-order valence-electron chi connectivity index (χ4n) is 2.07. The van der Waals surface area contributed by atoms with Gasteiger partial charge in [-0.15, -0.1) is 0 Å². The Labute approximate surface area is 103 Å². The van der Waals surface area contributed by atoms with E-state index in [2.05, 4.69) is 46.5 Å². The molecule has 15 heavy (non-hydrogen) atoms. The third-order valence-corrected chi connectivity index (χ3v) is 3.74. The van der Waals surface area contributed by atoms with E-state index in [4.69, 9.17) is 0 Å². The van der Waals surface area contributed by atoms with Crippen molar-refractivity contribution in [3.8, 4) is 0 Å². The van der Waals surface area contributed by atoms with Gasteiger partial charge in [0.15, 0.2) is 0 Å². The Kier molecular flexibility index (Phi) is 5.58. The number of nitrogens with zero attached hydrogens (tertiary/aromatic N) is 2. The molecule has 0 amide bonds. The second-order valence-corrected chi connectivity index (χ2v) is 6.19. The summed E-state index contributed by atoms with van der Waals surface area (Å²) >= 11 is 3.48. The summed E-state index contributed by atoms with van der Waals surface area (Å²) in [7, 11) is 0. The molecule has 0 aromatic rings. The van der Waals surface area contributed by atoms with Crippen LogP contribution in [0.25, 0.3) is 0 Å². The lowest BCUT2D eigenvalue weighted by Gasteiger charge is -2.42. The van der Waals surface area contributed by atoms with Gasteiger partial charge in [-0.3, -0.25) is 4.90 Å². The first kappa shape index (κ1) is 13.5. The normalized spacial score (nSPS) is 20.8. The molecule has 0 spiro atoms. The van der Waals surface area contributed by atoms with Crippen molar-refractivity contribution in [2.24, 2.45) is 0 Å². The Bertz CT molecular complexity index is 169. The van der Waals surface area contributed by atoms with E-state index in [-0.39, 0.29) is 0 Å². The first-order valence-corrected chi connectivity index (χ1v) is 7.19. The van der Waals surface area contributed by atoms with Gasteiger partial charge in [-0.2, -0.15) is 0 Å². The van der Waals surface area contributed by atoms with Gasteiger partial charge in [0.1, 0.15) is 0 Å². The third kappa shape index (κ3) is 4.83. The molecule has 1 saturated heterocycles. The van der Waals surface area contributed by atoms with Gasteiger partial charge in [0.2, 0.25) is 0 Å². The molecule has 1 aliphatic rings. The molecule has 0 atom stereocenters. The van der Waals surface area contributed by atoms with Crippen LogP contribution >= 0.6 is 15.9 Å². The van der Waals surface area contributed by atoms with Crippen LogP contribution in [-0.2, 0) is 0 Å². The van der Waals surface area contributed by atoms with E-state index >= 15 is 0 Å². The lowest BCUT2D eigenvalue weighted by atomic mass is 10.0. The van der Waals surface area contributed by atoms with Gasteiger partial charge in [0.05, 0.1) is 0 Å². The number of hydrogen-bond acceptors (Lipinski definition) is 2. The number of piperazine rings is 1. The first-order chi connectivity index (χ1) is 7.04. The number of halogens is 1. The topological polar surface area (TPSA) is 6.48 Å². The Morgan fingerprint density at radius 1 is 1.00 bits per heavy atom. The molecule has 0 unspecified atom stereocenters. The Hall–Kier alpha value is 0.400. The lowest BCUT2D eigenvalue weighted by Crippen LogP contribution is -2.53. The molecular formula is C12H25BrN2. The summed E-state index contributed by atoms with van der Waals surface area (Å²) in [6.45, 7) is 13.2. The zero-order valence-electron chi connectivity index (χ0n) is 10.4. The van der Waals surface area contributed by atoms with Crippen molar-refractivity contribution in [2.75, 3.05) is 38.1 Å². The lowest BCUT2D eigenvalue weighted by molar-refractivity contribution is 0.0619. The highest BCUT2D eigenvalue weighted by Crippen LogP contribution is 2.15. The predicted octanol–water partition coefficient (Wildman–Crippen LogP) is 2.58. The average molecular weight is 277 g/mol. The van der Waals surface area contributed by atoms with Crippen LogP contribution in [0.3, 0.4) is 0 Å². The molecule has 1 rings (SSSR count). The highest BCUT2D eigenvalue weighted by molar-refractivity contribution is 9.09. The van der Waals surface area contributed by atoms with Crippen molar-refractivity contribution in [3.05, 3.63) is 0 Å². The van der Waals surface area contributed by atoms with Gasteiger partial charge < -0.3 is 4.90 Å². The summed E-state index contributed by atoms with van der Waals surface area (Å²) in [6.07, 6.45) is 2.64. The van der Waals surface area contributed by atoms with E-state index in [1.165, 1.54) is 45.6 Å². The molecule has 0 N–H and O–H groups in total. The van der Waals surface area contributed by atoms with Crippen LogP contribution in [0.4, 0.5) is 0 Å². The van der Waals surface area contributed by atoms with Crippen molar-refractivity contribution >= 4 is 15.9 Å². The number of unbranched alkanes of at least 4 members (excludes halogenated alkanes) is 1. The molecule has 0 saturated carbocycles. The minimum Gasteiger partial charge on any atom is -0.301 e. The first-order valence-electron chi connectivity index (χ1n) is 6.07. The largest absolute Gasteiger partial charge is 0.301 e. The number of alkyl halides is 1. The fraction of sp³-hybridized carbons (Fsp3) is 1.00. The van der Waals surface area contributed by atoms with Crippen molar-refractivity contribution < 1.29 is 0 Å². The second-order valence-electron chi connectivity index (χ2n) is 5.40. The maximum absolute atomic E-state index is 3.48. The van der Waals surface area contributed by atoms with Crippen LogP contribution in [0.5, 0.6) is 0 Å². The number of rotatable bonds is 4. The van der Waals surface area contributed by atoms with Crippen LogP contribution in [0.1, 0.15) is 33.6 Å². The highest BCUT2D eigenvalue weighted by atomic mass is 79.9. The summed E-state index contributed by atoms with van der Waals surface area (Å²) in [6, 6.07) is 0. The smallest absolute Gasteiger partial charge is 0.0126 e. The van der Waals surface area contributed by atoms with Crippen molar-refractivity contribution in [3.63, 3.8) is 0 Å². The van der Waals surface area contributed by atoms with Gasteiger partial charge in [0, 0.05) is 37.0 Å². The maximum Gasteiger partial charge on any atom is 0.0126 e. The van der Waals surface area contributed by atoms with Crippen LogP contribution in [0, 0.1) is 0 Å². The Balaban J connectivity index is 2.18. The van der Waals surface area contributed by atoms with Crippen molar-refractivity contribution in [2.45, 2.75) is 39.2 Å². The van der Waals surface area contributed by atoms with E-state index < -0.39 is 0 Å². The van der Waals surface area contributed by atoms with Crippen LogP contribution in [0.15, 0.2) is 0 Å². The quantitative estimate of drug-likeness (QED) is 0.575. The molecule has 0 aromatic heterocycles. The molecule has 0 aromatic carbocycles. The minimum absolute atomic E-state index is 0.349. The van der Waals surface area contributed by atoms with Crippen molar-refractivity contribution in [1.29, 1.82) is 0 Å². The Morgan fingerprint density at radius 3 is 2.07 bits per heavy atom. The summed E-state index contributed by atoms with van der Waals surface area (Å²) in [4.78, 5) is 5.19. The Morgan fingerprint density at radius 2 is 1.60 bits per heavy atom. The maximum atomic E-state index is 3.48. The summed E-state index contributed by atoms with van der Waals surface area (Å²) in [5.41, 5.74) is 0.349. The van der Waals surface area contributed by atoms with E-state index in [0.29, 0.717) is 5.54 Å². The molecule has 3 heteroatoms. The molecule has 0 aliphatic carbocycles. The summed E-state index contributed by atoms with van der Waals surface area (Å²) in [5.74, 6) is 0. The standard InChI is InChI=1S/C12H25BrN2/c1-12(2,3)15-10-8-14(9-11-15)7-5-4-6-13/h4-11H2,1-3H3. The highest BCUT2D eigenvalue weighted by Gasteiger charge is 2.25. The average Bonchev–Trinajstić information content (AvgIpc) is 2.18. The van der Waals surface area contributed by atoms with Crippen molar-refractivity contribution in [1.82, 2.24) is 9.80 Å². The van der Waals surface area contributed by atoms with Gasteiger partial charge >= 0.3 is 0 Å². The molecule has 1 fully saturated rings. The molecule has 1 aliphatic heterocycles. The third-order valence-electron chi connectivity index (χ3n) is 3.18. The number of hydrogen-bond donors (Lipinski definition) is 0. The molecule has 1 heterocycles. The van der Waals surface area contributed by atoms with Gasteiger partial charge in [-0.1, -0.05) is 15.9 Å². The second kappa shape index (κ2) is 6.21. The molecule has 0 radical (unpaired) electrons. The zero-order valence-corrected chi connectivity index (χ0v) is 12.0. The predicted molar refractivity (Wildman–Crippen MR) is 70.8 cm³/mol. The van der Waals surface area contributed by atoms with Gasteiger partial charge in [0.25, 0.3) is 0 Å². The van der Waals surface area contributed by atoms with E-state index in [1.54, 1.807) is 0 Å². The van der Waals surface area contributed by atoms with E-state index in [0.717, 1.165) is 5.33 Å². The SMILES string of the molecule is CC(C)(C)N1CCN(CCCCBr)CC1. The molecule has 2 nitrogen and oxygen atoms in total. The van der Waals surface area contributed by atoms with Crippen LogP contribution in [0.2, 0.25) is 0 Å². The molecule has 0 bridgehead atoms. The van der Waals surface area contributed by atoms with Crippen LogP contribution < -0.4 is 0 Å². The van der Waals surface area contributed by atoms with Gasteiger partial charge in [-0.05, 0) is 40.2 Å². The van der Waals surface area contributed by atoms with Gasteiger partial charge in [-0.25, -0.2) is 0 Å². The fourth-order valence-corrected chi connectivity index (χ4v) is 2.47. The summed E-state index contributed by atoms with van der Waals surface area (Å²) < 4.78 is 0.